The van der Waals surface area contributed by atoms with Crippen LogP contribution in [-0.4, -0.2) is 31.0 Å². The first kappa shape index (κ1) is 23.0. The second-order valence-corrected chi connectivity index (χ2v) is 8.20. The van der Waals surface area contributed by atoms with Gasteiger partial charge in [0.1, 0.15) is 11.4 Å². The molecule has 0 bridgehead atoms. The van der Waals surface area contributed by atoms with Gasteiger partial charge in [0.2, 0.25) is 5.91 Å². The van der Waals surface area contributed by atoms with Gasteiger partial charge in [0.05, 0.1) is 12.0 Å². The summed E-state index contributed by atoms with van der Waals surface area (Å²) in [4.78, 5) is 25.7. The minimum Gasteiger partial charge on any atom is -0.496 e. The van der Waals surface area contributed by atoms with Crippen molar-refractivity contribution in [2.24, 2.45) is 0 Å². The predicted octanol–water partition coefficient (Wildman–Crippen LogP) is 5.64. The molecule has 174 valence electrons. The van der Waals surface area contributed by atoms with Crippen LogP contribution in [0, 0.1) is 10.1 Å². The molecule has 7 heteroatoms. The zero-order valence-corrected chi connectivity index (χ0v) is 19.0. The molecule has 1 heterocycles. The van der Waals surface area contributed by atoms with Crippen LogP contribution in [0.4, 0.5) is 17.1 Å². The second-order valence-electron chi connectivity index (χ2n) is 8.20. The highest BCUT2D eigenvalue weighted by Crippen LogP contribution is 2.38. The number of carbonyl (C=O) groups is 1. The summed E-state index contributed by atoms with van der Waals surface area (Å²) in [6.07, 6.45) is 4.74. The number of methoxy groups -OCH3 is 1. The van der Waals surface area contributed by atoms with Crippen LogP contribution in [-0.2, 0) is 4.79 Å². The number of benzene rings is 3. The summed E-state index contributed by atoms with van der Waals surface area (Å²) in [6, 6.07) is 22.3. The summed E-state index contributed by atoms with van der Waals surface area (Å²) in [5.74, 6) is 0.951. The number of hydrogen-bond acceptors (Lipinski definition) is 5. The quantitative estimate of drug-likeness (QED) is 0.282. The lowest BCUT2D eigenvalue weighted by molar-refractivity contribution is -0.384. The van der Waals surface area contributed by atoms with Crippen molar-refractivity contribution >= 4 is 29.0 Å². The fourth-order valence-corrected chi connectivity index (χ4v) is 4.37. The highest BCUT2D eigenvalue weighted by molar-refractivity contribution is 6.02. The third kappa shape index (κ3) is 5.43. The minimum absolute atomic E-state index is 0.0429. The Morgan fingerprint density at radius 3 is 2.47 bits per heavy atom. The molecule has 0 atom stereocenters. The van der Waals surface area contributed by atoms with Crippen molar-refractivity contribution in [3.63, 3.8) is 0 Å². The summed E-state index contributed by atoms with van der Waals surface area (Å²) < 4.78 is 5.51. The molecule has 1 fully saturated rings. The molecule has 0 aromatic heterocycles. The molecule has 3 aromatic rings. The van der Waals surface area contributed by atoms with Gasteiger partial charge in [-0.2, -0.15) is 0 Å². The Kier molecular flexibility index (Phi) is 7.22. The zero-order valence-electron chi connectivity index (χ0n) is 19.0. The number of anilines is 2. The number of nitrogens with zero attached hydrogens (tertiary/aromatic N) is 2. The maximum absolute atomic E-state index is 12.2. The van der Waals surface area contributed by atoms with E-state index in [-0.39, 0.29) is 16.5 Å². The molecule has 0 spiro atoms. The Balaban J connectivity index is 1.45. The molecule has 0 unspecified atom stereocenters. The lowest BCUT2D eigenvalue weighted by atomic mass is 9.88. The minimum atomic E-state index is -0.358. The zero-order chi connectivity index (χ0) is 23.9. The second kappa shape index (κ2) is 10.7. The highest BCUT2D eigenvalue weighted by Gasteiger charge is 2.27. The highest BCUT2D eigenvalue weighted by atomic mass is 16.6. The molecule has 0 radical (unpaired) electrons. The Morgan fingerprint density at radius 1 is 1.06 bits per heavy atom. The van der Waals surface area contributed by atoms with E-state index in [1.54, 1.807) is 37.5 Å². The van der Waals surface area contributed by atoms with Gasteiger partial charge in [0, 0.05) is 30.9 Å². The number of carbonyl (C=O) groups excluding carboxylic acids is 1. The van der Waals surface area contributed by atoms with Gasteiger partial charge in [-0.15, -0.1) is 0 Å². The van der Waals surface area contributed by atoms with E-state index in [4.69, 9.17) is 4.74 Å². The van der Waals surface area contributed by atoms with Crippen LogP contribution in [0.2, 0.25) is 0 Å². The van der Waals surface area contributed by atoms with Gasteiger partial charge < -0.3 is 15.0 Å². The Hall–Kier alpha value is -4.13. The summed E-state index contributed by atoms with van der Waals surface area (Å²) in [5, 5.41) is 14.6. The number of rotatable bonds is 7. The lowest BCUT2D eigenvalue weighted by Crippen LogP contribution is -2.33. The Morgan fingerprint density at radius 2 is 1.76 bits per heavy atom. The van der Waals surface area contributed by atoms with E-state index in [2.05, 4.69) is 16.3 Å². The van der Waals surface area contributed by atoms with E-state index in [0.717, 1.165) is 31.7 Å². The number of ether oxygens (including phenoxy) is 1. The van der Waals surface area contributed by atoms with Gasteiger partial charge in [0.15, 0.2) is 0 Å². The van der Waals surface area contributed by atoms with E-state index < -0.39 is 0 Å². The summed E-state index contributed by atoms with van der Waals surface area (Å²) in [7, 11) is 1.68. The maximum Gasteiger partial charge on any atom is 0.293 e. The molecule has 1 saturated heterocycles. The number of amides is 1. The predicted molar refractivity (Wildman–Crippen MR) is 134 cm³/mol. The summed E-state index contributed by atoms with van der Waals surface area (Å²) in [6.45, 7) is 1.44. The SMILES string of the molecule is COc1ccccc1C1CCN(c2ccc(C=CC(=O)Nc3ccccc3)cc2[N+](=O)[O-])CC1. The van der Waals surface area contributed by atoms with Crippen LogP contribution in [0.5, 0.6) is 5.75 Å². The fourth-order valence-electron chi connectivity index (χ4n) is 4.37. The van der Waals surface area contributed by atoms with Crippen molar-refractivity contribution < 1.29 is 14.5 Å². The van der Waals surface area contributed by atoms with E-state index in [9.17, 15) is 14.9 Å². The Bertz CT molecular complexity index is 1190. The number of para-hydroxylation sites is 2. The van der Waals surface area contributed by atoms with Crippen LogP contribution in [0.15, 0.2) is 78.9 Å². The first-order valence-electron chi connectivity index (χ1n) is 11.3. The molecule has 0 aliphatic carbocycles. The molecular formula is C27H27N3O4. The van der Waals surface area contributed by atoms with Crippen molar-refractivity contribution in [1.29, 1.82) is 0 Å². The number of piperidine rings is 1. The first-order valence-corrected chi connectivity index (χ1v) is 11.3. The molecule has 4 rings (SSSR count). The average Bonchev–Trinajstić information content (AvgIpc) is 2.88. The van der Waals surface area contributed by atoms with Crippen LogP contribution < -0.4 is 15.0 Å². The van der Waals surface area contributed by atoms with E-state index in [1.807, 2.05) is 36.4 Å². The summed E-state index contributed by atoms with van der Waals surface area (Å²) >= 11 is 0. The van der Waals surface area contributed by atoms with Gasteiger partial charge >= 0.3 is 0 Å². The van der Waals surface area contributed by atoms with Crippen molar-refractivity contribution in [1.82, 2.24) is 0 Å². The molecule has 3 aromatic carbocycles. The standard InChI is InChI=1S/C27H27N3O4/c1-34-26-10-6-5-9-23(26)21-15-17-29(18-16-21)24-13-11-20(19-25(24)30(32)33)12-14-27(31)28-22-7-3-2-4-8-22/h2-14,19,21H,15-18H2,1H3,(H,28,31). The van der Waals surface area contributed by atoms with Crippen molar-refractivity contribution in [3.8, 4) is 5.75 Å². The molecule has 7 nitrogen and oxygen atoms in total. The van der Waals surface area contributed by atoms with E-state index in [1.165, 1.54) is 17.7 Å². The smallest absolute Gasteiger partial charge is 0.293 e. The number of hydrogen-bond donors (Lipinski definition) is 1. The molecule has 1 N–H and O–H groups in total. The van der Waals surface area contributed by atoms with Gasteiger partial charge in [-0.1, -0.05) is 42.5 Å². The van der Waals surface area contributed by atoms with E-state index in [0.29, 0.717) is 22.9 Å². The van der Waals surface area contributed by atoms with Crippen LogP contribution in [0.3, 0.4) is 0 Å². The molecule has 34 heavy (non-hydrogen) atoms. The van der Waals surface area contributed by atoms with Crippen LogP contribution in [0.25, 0.3) is 6.08 Å². The number of nitro groups is 1. The van der Waals surface area contributed by atoms with Gasteiger partial charge in [-0.05, 0) is 60.2 Å². The third-order valence-corrected chi connectivity index (χ3v) is 6.08. The van der Waals surface area contributed by atoms with Crippen LogP contribution in [0.1, 0.15) is 29.9 Å². The van der Waals surface area contributed by atoms with Crippen molar-refractivity contribution in [2.45, 2.75) is 18.8 Å². The average molecular weight is 458 g/mol. The van der Waals surface area contributed by atoms with Crippen molar-refractivity contribution in [3.05, 3.63) is 100 Å². The van der Waals surface area contributed by atoms with Crippen LogP contribution >= 0.6 is 0 Å². The fraction of sp³-hybridized carbons (Fsp3) is 0.222. The molecule has 1 aliphatic rings. The monoisotopic (exact) mass is 457 g/mol. The molecule has 1 amide bonds. The topological polar surface area (TPSA) is 84.7 Å². The summed E-state index contributed by atoms with van der Waals surface area (Å²) in [5.41, 5.74) is 3.13. The normalized spacial score (nSPS) is 14.2. The Labute approximate surface area is 198 Å². The van der Waals surface area contributed by atoms with E-state index >= 15 is 0 Å². The largest absolute Gasteiger partial charge is 0.496 e. The van der Waals surface area contributed by atoms with Gasteiger partial charge in [-0.3, -0.25) is 14.9 Å². The van der Waals surface area contributed by atoms with Gasteiger partial charge in [0.25, 0.3) is 5.69 Å². The number of nitrogens with one attached hydrogen (secondary N) is 1. The lowest BCUT2D eigenvalue weighted by Gasteiger charge is -2.34. The molecular weight excluding hydrogens is 430 g/mol. The number of nitro benzene ring substituents is 1. The first-order chi connectivity index (χ1) is 16.5. The molecule has 0 saturated carbocycles. The maximum atomic E-state index is 12.2. The third-order valence-electron chi connectivity index (χ3n) is 6.08. The van der Waals surface area contributed by atoms with Gasteiger partial charge in [-0.25, -0.2) is 0 Å². The molecule has 1 aliphatic heterocycles. The van der Waals surface area contributed by atoms with Crippen molar-refractivity contribution in [2.75, 3.05) is 30.4 Å².